The van der Waals surface area contributed by atoms with Crippen LogP contribution in [0.5, 0.6) is 5.75 Å². The maximum Gasteiger partial charge on any atom is 0.265 e. The first-order chi connectivity index (χ1) is 13.4. The Morgan fingerprint density at radius 2 is 1.50 bits per heavy atom. The molecule has 3 aromatic rings. The van der Waals surface area contributed by atoms with Crippen molar-refractivity contribution >= 4 is 17.4 Å². The Balaban J connectivity index is 1.62. The van der Waals surface area contributed by atoms with Crippen molar-refractivity contribution in [2.45, 2.75) is 13.0 Å². The summed E-state index contributed by atoms with van der Waals surface area (Å²) in [6, 6.07) is 18.4. The number of hydrogen-bond donors (Lipinski definition) is 1. The highest BCUT2D eigenvalue weighted by Gasteiger charge is 2.16. The van der Waals surface area contributed by atoms with Gasteiger partial charge in [-0.1, -0.05) is 30.3 Å². The fourth-order valence-electron chi connectivity index (χ4n) is 2.52. The number of hydrogen-bond acceptors (Lipinski definition) is 3. The molecular weight excluding hydrogens is 364 g/mol. The van der Waals surface area contributed by atoms with Crippen LogP contribution in [0.25, 0.3) is 0 Å². The third-order valence-electron chi connectivity index (χ3n) is 4.02. The van der Waals surface area contributed by atoms with Crippen LogP contribution in [0.15, 0.2) is 72.8 Å². The molecule has 0 saturated carbocycles. The van der Waals surface area contributed by atoms with E-state index in [4.69, 9.17) is 4.74 Å². The third-order valence-corrected chi connectivity index (χ3v) is 4.02. The Labute approximate surface area is 160 Å². The van der Waals surface area contributed by atoms with Crippen molar-refractivity contribution in [2.75, 3.05) is 5.32 Å². The Morgan fingerprint density at radius 3 is 2.14 bits per heavy atom. The molecule has 28 heavy (non-hydrogen) atoms. The lowest BCUT2D eigenvalue weighted by Gasteiger charge is -2.15. The van der Waals surface area contributed by atoms with Crippen molar-refractivity contribution in [1.29, 1.82) is 0 Å². The standard InChI is InChI=1S/C22H17F2NO3/c1-14(22(27)25-17-9-12-19(23)20(24)13-17)28-18-10-7-16(8-11-18)21(26)15-5-3-2-4-6-15/h2-14H,1H3,(H,25,27). The summed E-state index contributed by atoms with van der Waals surface area (Å²) in [5.41, 5.74) is 1.20. The van der Waals surface area contributed by atoms with Gasteiger partial charge in [0.25, 0.3) is 5.91 Å². The number of anilines is 1. The fraction of sp³-hybridized carbons (Fsp3) is 0.0909. The maximum absolute atomic E-state index is 13.2. The third kappa shape index (κ3) is 4.59. The first-order valence-corrected chi connectivity index (χ1v) is 8.56. The molecule has 0 aliphatic heterocycles. The number of halogens is 2. The van der Waals surface area contributed by atoms with Crippen LogP contribution in [-0.2, 0) is 4.79 Å². The van der Waals surface area contributed by atoms with Crippen molar-refractivity contribution in [3.05, 3.63) is 95.6 Å². The molecule has 1 N–H and O–H groups in total. The average Bonchev–Trinajstić information content (AvgIpc) is 2.71. The summed E-state index contributed by atoms with van der Waals surface area (Å²) in [5.74, 6) is -2.28. The summed E-state index contributed by atoms with van der Waals surface area (Å²) in [6.07, 6.45) is -0.885. The monoisotopic (exact) mass is 381 g/mol. The number of benzene rings is 3. The van der Waals surface area contributed by atoms with Gasteiger partial charge in [-0.25, -0.2) is 8.78 Å². The largest absolute Gasteiger partial charge is 0.481 e. The Bertz CT molecular complexity index is 988. The van der Waals surface area contributed by atoms with E-state index in [2.05, 4.69) is 5.32 Å². The van der Waals surface area contributed by atoms with Gasteiger partial charge in [0.05, 0.1) is 0 Å². The van der Waals surface area contributed by atoms with Gasteiger partial charge in [-0.3, -0.25) is 9.59 Å². The molecule has 3 aromatic carbocycles. The molecule has 0 aliphatic carbocycles. The number of ketones is 1. The van der Waals surface area contributed by atoms with Crippen molar-refractivity contribution in [3.63, 3.8) is 0 Å². The van der Waals surface area contributed by atoms with Crippen LogP contribution in [0.1, 0.15) is 22.8 Å². The maximum atomic E-state index is 13.2. The van der Waals surface area contributed by atoms with Gasteiger partial charge in [-0.15, -0.1) is 0 Å². The lowest BCUT2D eigenvalue weighted by molar-refractivity contribution is -0.122. The van der Waals surface area contributed by atoms with Gasteiger partial charge in [0.2, 0.25) is 0 Å². The molecule has 3 rings (SSSR count). The van der Waals surface area contributed by atoms with E-state index in [1.807, 2.05) is 6.07 Å². The zero-order valence-electron chi connectivity index (χ0n) is 15.0. The summed E-state index contributed by atoms with van der Waals surface area (Å²) in [6.45, 7) is 1.53. The minimum atomic E-state index is -1.05. The number of rotatable bonds is 6. The summed E-state index contributed by atoms with van der Waals surface area (Å²) in [5, 5.41) is 2.46. The number of nitrogens with one attached hydrogen (secondary N) is 1. The summed E-state index contributed by atoms with van der Waals surface area (Å²) >= 11 is 0. The van der Waals surface area contributed by atoms with Gasteiger partial charge in [-0.05, 0) is 43.3 Å². The molecule has 0 fully saturated rings. The molecule has 0 aromatic heterocycles. The summed E-state index contributed by atoms with van der Waals surface area (Å²) in [7, 11) is 0. The van der Waals surface area contributed by atoms with Crippen molar-refractivity contribution in [2.24, 2.45) is 0 Å². The minimum absolute atomic E-state index is 0.115. The molecule has 0 bridgehead atoms. The average molecular weight is 381 g/mol. The Morgan fingerprint density at radius 1 is 0.857 bits per heavy atom. The molecule has 1 atom stereocenters. The van der Waals surface area contributed by atoms with E-state index < -0.39 is 23.6 Å². The lowest BCUT2D eigenvalue weighted by atomic mass is 10.0. The Hall–Kier alpha value is -3.54. The van der Waals surface area contributed by atoms with Crippen molar-refractivity contribution < 1.29 is 23.1 Å². The highest BCUT2D eigenvalue weighted by Crippen LogP contribution is 2.18. The van der Waals surface area contributed by atoms with E-state index in [-0.39, 0.29) is 11.5 Å². The topological polar surface area (TPSA) is 55.4 Å². The van der Waals surface area contributed by atoms with Crippen LogP contribution in [0.2, 0.25) is 0 Å². The van der Waals surface area contributed by atoms with Gasteiger partial charge in [-0.2, -0.15) is 0 Å². The molecule has 0 heterocycles. The summed E-state index contributed by atoms with van der Waals surface area (Å²) in [4.78, 5) is 24.5. The van der Waals surface area contributed by atoms with Gasteiger partial charge in [0, 0.05) is 22.9 Å². The van der Waals surface area contributed by atoms with E-state index in [1.165, 1.54) is 13.0 Å². The molecule has 0 radical (unpaired) electrons. The van der Waals surface area contributed by atoms with E-state index >= 15 is 0 Å². The van der Waals surface area contributed by atoms with Crippen molar-refractivity contribution in [1.82, 2.24) is 0 Å². The molecule has 1 unspecified atom stereocenters. The molecule has 0 aliphatic rings. The van der Waals surface area contributed by atoms with Crippen molar-refractivity contribution in [3.8, 4) is 5.75 Å². The van der Waals surface area contributed by atoms with E-state index in [9.17, 15) is 18.4 Å². The van der Waals surface area contributed by atoms with Crippen LogP contribution in [0, 0.1) is 11.6 Å². The lowest BCUT2D eigenvalue weighted by Crippen LogP contribution is -2.30. The highest BCUT2D eigenvalue weighted by molar-refractivity contribution is 6.09. The zero-order chi connectivity index (χ0) is 20.1. The number of ether oxygens (including phenoxy) is 1. The fourth-order valence-corrected chi connectivity index (χ4v) is 2.52. The van der Waals surface area contributed by atoms with Gasteiger partial charge < -0.3 is 10.1 Å². The molecule has 0 saturated heterocycles. The first-order valence-electron chi connectivity index (χ1n) is 8.56. The van der Waals surface area contributed by atoms with E-state index in [0.717, 1.165) is 12.1 Å². The van der Waals surface area contributed by atoms with Crippen LogP contribution in [-0.4, -0.2) is 17.8 Å². The molecule has 4 nitrogen and oxygen atoms in total. The van der Waals surface area contributed by atoms with Crippen LogP contribution in [0.3, 0.4) is 0 Å². The first kappa shape index (κ1) is 19.2. The molecule has 0 spiro atoms. The second kappa shape index (κ2) is 8.43. The smallest absolute Gasteiger partial charge is 0.265 e. The van der Waals surface area contributed by atoms with Gasteiger partial charge >= 0.3 is 0 Å². The van der Waals surface area contributed by atoms with Crippen LogP contribution < -0.4 is 10.1 Å². The zero-order valence-corrected chi connectivity index (χ0v) is 15.0. The Kier molecular flexibility index (Phi) is 5.79. The predicted octanol–water partition coefficient (Wildman–Crippen LogP) is 4.60. The highest BCUT2D eigenvalue weighted by atomic mass is 19.2. The quantitative estimate of drug-likeness (QED) is 0.635. The molecule has 142 valence electrons. The van der Waals surface area contributed by atoms with Gasteiger partial charge in [0.1, 0.15) is 5.75 Å². The molecular formula is C22H17F2NO3. The summed E-state index contributed by atoms with van der Waals surface area (Å²) < 4.78 is 31.7. The normalized spacial score (nSPS) is 11.5. The second-order valence-corrected chi connectivity index (χ2v) is 6.10. The predicted molar refractivity (Wildman–Crippen MR) is 101 cm³/mol. The van der Waals surface area contributed by atoms with Crippen LogP contribution in [0.4, 0.5) is 14.5 Å². The SMILES string of the molecule is CC(Oc1ccc(C(=O)c2ccccc2)cc1)C(=O)Nc1ccc(F)c(F)c1. The number of amides is 1. The van der Waals surface area contributed by atoms with Gasteiger partial charge in [0.15, 0.2) is 23.5 Å². The molecule has 6 heteroatoms. The van der Waals surface area contributed by atoms with Crippen LogP contribution >= 0.6 is 0 Å². The number of carbonyl (C=O) groups is 2. The van der Waals surface area contributed by atoms with E-state index in [1.54, 1.807) is 48.5 Å². The molecule has 1 amide bonds. The van der Waals surface area contributed by atoms with E-state index in [0.29, 0.717) is 16.9 Å². The second-order valence-electron chi connectivity index (χ2n) is 6.10. The minimum Gasteiger partial charge on any atom is -0.481 e. The number of carbonyl (C=O) groups excluding carboxylic acids is 2.